The van der Waals surface area contributed by atoms with Gasteiger partial charge in [0, 0.05) is 6.54 Å². The summed E-state index contributed by atoms with van der Waals surface area (Å²) < 4.78 is 11.0. The maximum atomic E-state index is 12.7. The van der Waals surface area contributed by atoms with Gasteiger partial charge in [0.2, 0.25) is 0 Å². The molecule has 5 nitrogen and oxygen atoms in total. The van der Waals surface area contributed by atoms with E-state index in [1.54, 1.807) is 30.2 Å². The highest BCUT2D eigenvalue weighted by atomic mass is 16.5. The van der Waals surface area contributed by atoms with Crippen molar-refractivity contribution in [2.24, 2.45) is 0 Å². The molecule has 0 bridgehead atoms. The summed E-state index contributed by atoms with van der Waals surface area (Å²) in [6.07, 6.45) is 0.486. The summed E-state index contributed by atoms with van der Waals surface area (Å²) in [5.41, 5.74) is 0.622. The molecule has 0 aliphatic carbocycles. The van der Waals surface area contributed by atoms with Crippen molar-refractivity contribution in [1.29, 1.82) is 0 Å². The molecule has 5 heteroatoms. The van der Waals surface area contributed by atoms with E-state index in [1.807, 2.05) is 37.3 Å². The van der Waals surface area contributed by atoms with Crippen LogP contribution in [0.4, 0.5) is 0 Å². The number of β-amino-alcohol motifs (C(OH)–C–C–N with tert-alkyl or cyclic N) is 1. The lowest BCUT2D eigenvalue weighted by atomic mass is 10.1. The number of methoxy groups -OCH3 is 1. The lowest BCUT2D eigenvalue weighted by Gasteiger charge is -2.24. The zero-order chi connectivity index (χ0) is 17.9. The van der Waals surface area contributed by atoms with Crippen LogP contribution in [0.25, 0.3) is 0 Å². The van der Waals surface area contributed by atoms with Gasteiger partial charge in [-0.05, 0) is 37.6 Å². The third-order valence-electron chi connectivity index (χ3n) is 4.49. The number of benzene rings is 2. The van der Waals surface area contributed by atoms with Gasteiger partial charge in [-0.25, -0.2) is 0 Å². The van der Waals surface area contributed by atoms with Gasteiger partial charge in [-0.1, -0.05) is 29.8 Å². The van der Waals surface area contributed by atoms with Gasteiger partial charge in [0.25, 0.3) is 5.91 Å². The molecular formula is C20H23NO4. The molecule has 1 fully saturated rings. The van der Waals surface area contributed by atoms with Gasteiger partial charge in [-0.15, -0.1) is 0 Å². The first kappa shape index (κ1) is 17.3. The fourth-order valence-electron chi connectivity index (χ4n) is 2.99. The van der Waals surface area contributed by atoms with Crippen molar-refractivity contribution < 1.29 is 19.4 Å². The Bertz CT molecular complexity index is 744. The Labute approximate surface area is 147 Å². The second kappa shape index (κ2) is 7.15. The second-order valence-corrected chi connectivity index (χ2v) is 6.50. The van der Waals surface area contributed by atoms with Gasteiger partial charge in [-0.2, -0.15) is 0 Å². The van der Waals surface area contributed by atoms with Gasteiger partial charge in [0.1, 0.15) is 23.7 Å². The number of aliphatic hydroxyl groups is 1. The molecule has 2 aromatic rings. The number of ether oxygens (including phenoxy) is 2. The van der Waals surface area contributed by atoms with E-state index in [2.05, 4.69) is 0 Å². The van der Waals surface area contributed by atoms with Crippen molar-refractivity contribution in [1.82, 2.24) is 4.90 Å². The highest BCUT2D eigenvalue weighted by Crippen LogP contribution is 2.27. The molecule has 1 atom stereocenters. The van der Waals surface area contributed by atoms with E-state index >= 15 is 0 Å². The van der Waals surface area contributed by atoms with E-state index in [4.69, 9.17) is 9.47 Å². The highest BCUT2D eigenvalue weighted by molar-refractivity contribution is 5.97. The Morgan fingerprint density at radius 1 is 1.20 bits per heavy atom. The molecule has 1 amide bonds. The summed E-state index contributed by atoms with van der Waals surface area (Å²) in [5, 5.41) is 10.7. The molecule has 0 aromatic heterocycles. The van der Waals surface area contributed by atoms with Gasteiger partial charge >= 0.3 is 0 Å². The van der Waals surface area contributed by atoms with Crippen molar-refractivity contribution in [2.75, 3.05) is 26.8 Å². The molecule has 0 radical (unpaired) electrons. The van der Waals surface area contributed by atoms with Crippen LogP contribution in [-0.2, 0) is 0 Å². The minimum absolute atomic E-state index is 0.135. The van der Waals surface area contributed by atoms with Crippen LogP contribution >= 0.6 is 0 Å². The van der Waals surface area contributed by atoms with Crippen molar-refractivity contribution in [3.63, 3.8) is 0 Å². The minimum Gasteiger partial charge on any atom is -0.496 e. The number of hydrogen-bond donors (Lipinski definition) is 1. The van der Waals surface area contributed by atoms with Crippen LogP contribution in [-0.4, -0.2) is 48.3 Å². The first-order valence-electron chi connectivity index (χ1n) is 8.35. The largest absolute Gasteiger partial charge is 0.496 e. The summed E-state index contributed by atoms with van der Waals surface area (Å²) in [6, 6.07) is 14.8. The summed E-state index contributed by atoms with van der Waals surface area (Å²) in [7, 11) is 1.54. The van der Waals surface area contributed by atoms with Crippen molar-refractivity contribution in [2.45, 2.75) is 18.9 Å². The van der Waals surface area contributed by atoms with Crippen LogP contribution in [0, 0.1) is 6.92 Å². The molecule has 1 heterocycles. The molecule has 0 spiro atoms. The summed E-state index contributed by atoms with van der Waals surface area (Å²) in [5.74, 6) is 1.12. The predicted octanol–water partition coefficient (Wildman–Crippen LogP) is 2.66. The zero-order valence-corrected chi connectivity index (χ0v) is 14.6. The Kier molecular flexibility index (Phi) is 4.95. The van der Waals surface area contributed by atoms with E-state index in [-0.39, 0.29) is 19.1 Å². The predicted molar refractivity (Wildman–Crippen MR) is 95.1 cm³/mol. The second-order valence-electron chi connectivity index (χ2n) is 6.50. The highest BCUT2D eigenvalue weighted by Gasteiger charge is 2.39. The summed E-state index contributed by atoms with van der Waals surface area (Å²) in [4.78, 5) is 14.4. The number of carbonyl (C=O) groups excluding carboxylic acids is 1. The fourth-order valence-corrected chi connectivity index (χ4v) is 2.99. The fraction of sp³-hybridized carbons (Fsp3) is 0.350. The van der Waals surface area contributed by atoms with Gasteiger partial charge in [-0.3, -0.25) is 4.79 Å². The number of aryl methyl sites for hydroxylation is 1. The average Bonchev–Trinajstić information content (AvgIpc) is 3.03. The number of rotatable bonds is 5. The van der Waals surface area contributed by atoms with Crippen molar-refractivity contribution >= 4 is 5.91 Å². The maximum absolute atomic E-state index is 12.7. The maximum Gasteiger partial charge on any atom is 0.257 e. The Morgan fingerprint density at radius 2 is 1.92 bits per heavy atom. The zero-order valence-electron chi connectivity index (χ0n) is 14.6. The molecule has 0 saturated carbocycles. The van der Waals surface area contributed by atoms with E-state index in [1.165, 1.54) is 0 Å². The molecule has 3 rings (SSSR count). The summed E-state index contributed by atoms with van der Waals surface area (Å²) >= 11 is 0. The Morgan fingerprint density at radius 3 is 2.64 bits per heavy atom. The van der Waals surface area contributed by atoms with Gasteiger partial charge in [0.15, 0.2) is 0 Å². The van der Waals surface area contributed by atoms with Crippen LogP contribution in [0.15, 0.2) is 48.5 Å². The first-order valence-corrected chi connectivity index (χ1v) is 8.35. The van der Waals surface area contributed by atoms with Crippen LogP contribution in [0.3, 0.4) is 0 Å². The van der Waals surface area contributed by atoms with Crippen LogP contribution in [0.1, 0.15) is 22.3 Å². The first-order chi connectivity index (χ1) is 12.0. The van der Waals surface area contributed by atoms with Gasteiger partial charge < -0.3 is 19.5 Å². The Hall–Kier alpha value is -2.53. The topological polar surface area (TPSA) is 59.0 Å². The van der Waals surface area contributed by atoms with E-state index < -0.39 is 5.60 Å². The minimum atomic E-state index is -1.04. The molecule has 25 heavy (non-hydrogen) atoms. The lowest BCUT2D eigenvalue weighted by molar-refractivity contribution is 0.00427. The third-order valence-corrected chi connectivity index (χ3v) is 4.49. The molecule has 1 N–H and O–H groups in total. The third kappa shape index (κ3) is 3.94. The summed E-state index contributed by atoms with van der Waals surface area (Å²) in [6.45, 7) is 2.90. The number of amides is 1. The average molecular weight is 341 g/mol. The smallest absolute Gasteiger partial charge is 0.257 e. The number of likely N-dealkylation sites (tertiary alicyclic amines) is 1. The molecule has 132 valence electrons. The van der Waals surface area contributed by atoms with Crippen LogP contribution in [0.2, 0.25) is 0 Å². The van der Waals surface area contributed by atoms with Gasteiger partial charge in [0.05, 0.1) is 19.2 Å². The quantitative estimate of drug-likeness (QED) is 0.908. The molecule has 1 aliphatic heterocycles. The normalized spacial score (nSPS) is 19.7. The van der Waals surface area contributed by atoms with Crippen molar-refractivity contribution in [3.05, 3.63) is 59.7 Å². The number of nitrogens with zero attached hydrogens (tertiary/aromatic N) is 1. The monoisotopic (exact) mass is 341 g/mol. The standard InChI is InChI=1S/C20H23NO4/c1-15-7-9-16(10-8-15)25-14-20(23)11-12-21(13-20)19(22)17-5-3-4-6-18(17)24-2/h3-10,23H,11-14H2,1-2H3. The van der Waals surface area contributed by atoms with Crippen LogP contribution in [0.5, 0.6) is 11.5 Å². The Balaban J connectivity index is 1.63. The van der Waals surface area contributed by atoms with E-state index in [9.17, 15) is 9.90 Å². The molecular weight excluding hydrogens is 318 g/mol. The SMILES string of the molecule is COc1ccccc1C(=O)N1CCC(O)(COc2ccc(C)cc2)C1. The molecule has 2 aromatic carbocycles. The molecule has 1 aliphatic rings. The number of hydrogen-bond acceptors (Lipinski definition) is 4. The van der Waals surface area contributed by atoms with E-state index in [0.717, 1.165) is 5.56 Å². The number of para-hydroxylation sites is 1. The van der Waals surface area contributed by atoms with Crippen molar-refractivity contribution in [3.8, 4) is 11.5 Å². The van der Waals surface area contributed by atoms with E-state index in [0.29, 0.717) is 30.0 Å². The molecule has 1 saturated heterocycles. The van der Waals surface area contributed by atoms with Crippen LogP contribution < -0.4 is 9.47 Å². The lowest BCUT2D eigenvalue weighted by Crippen LogP contribution is -2.40. The molecule has 1 unspecified atom stereocenters. The number of carbonyl (C=O) groups is 1.